The van der Waals surface area contributed by atoms with Crippen molar-refractivity contribution in [2.24, 2.45) is 0 Å². The Morgan fingerprint density at radius 2 is 1.71 bits per heavy atom. The number of para-hydroxylation sites is 2. The summed E-state index contributed by atoms with van der Waals surface area (Å²) in [6.45, 7) is 5.83. The number of rotatable bonds is 3. The molecule has 0 amide bonds. The summed E-state index contributed by atoms with van der Waals surface area (Å²) >= 11 is 0. The molecular formula is C16H20N4O. The zero-order valence-corrected chi connectivity index (χ0v) is 12.5. The molecule has 2 heterocycles. The third kappa shape index (κ3) is 2.91. The van der Waals surface area contributed by atoms with Crippen molar-refractivity contribution in [2.45, 2.75) is 6.92 Å². The average molecular weight is 284 g/mol. The van der Waals surface area contributed by atoms with Gasteiger partial charge in [0.15, 0.2) is 0 Å². The van der Waals surface area contributed by atoms with Crippen LogP contribution in [0.25, 0.3) is 0 Å². The lowest BCUT2D eigenvalue weighted by molar-refractivity contribution is 0.413. The van der Waals surface area contributed by atoms with Gasteiger partial charge >= 0.3 is 0 Å². The molecule has 0 unspecified atom stereocenters. The molecule has 5 heteroatoms. The molecule has 110 valence electrons. The minimum Gasteiger partial charge on any atom is -0.495 e. The SMILES string of the molecule is COc1ccccc1N1CCN(c2cc(C)ncn2)CC1. The van der Waals surface area contributed by atoms with Gasteiger partial charge < -0.3 is 14.5 Å². The molecule has 1 aliphatic rings. The van der Waals surface area contributed by atoms with Crippen LogP contribution in [0, 0.1) is 6.92 Å². The van der Waals surface area contributed by atoms with E-state index >= 15 is 0 Å². The third-order valence-electron chi connectivity index (χ3n) is 3.82. The number of nitrogens with zero attached hydrogens (tertiary/aromatic N) is 4. The molecular weight excluding hydrogens is 264 g/mol. The third-order valence-corrected chi connectivity index (χ3v) is 3.82. The lowest BCUT2D eigenvalue weighted by atomic mass is 10.2. The molecule has 0 aliphatic carbocycles. The van der Waals surface area contributed by atoms with Gasteiger partial charge in [0.1, 0.15) is 17.9 Å². The summed E-state index contributed by atoms with van der Waals surface area (Å²) in [5.41, 5.74) is 2.17. The second kappa shape index (κ2) is 5.99. The van der Waals surface area contributed by atoms with E-state index < -0.39 is 0 Å². The Labute approximate surface area is 125 Å². The number of hydrogen-bond donors (Lipinski definition) is 0. The normalized spacial score (nSPS) is 15.1. The van der Waals surface area contributed by atoms with Crippen LogP contribution in [0.4, 0.5) is 11.5 Å². The number of piperazine rings is 1. The van der Waals surface area contributed by atoms with Crippen LogP contribution in [0.5, 0.6) is 5.75 Å². The molecule has 1 saturated heterocycles. The number of anilines is 2. The highest BCUT2D eigenvalue weighted by molar-refractivity contribution is 5.59. The maximum atomic E-state index is 5.45. The number of benzene rings is 1. The number of aromatic nitrogens is 2. The summed E-state index contributed by atoms with van der Waals surface area (Å²) in [6.07, 6.45) is 1.64. The van der Waals surface area contributed by atoms with Crippen LogP contribution < -0.4 is 14.5 Å². The first kappa shape index (κ1) is 13.7. The molecule has 1 aliphatic heterocycles. The quantitative estimate of drug-likeness (QED) is 0.863. The highest BCUT2D eigenvalue weighted by atomic mass is 16.5. The van der Waals surface area contributed by atoms with Crippen molar-refractivity contribution in [3.8, 4) is 5.75 Å². The Bertz CT molecular complexity index is 609. The minimum atomic E-state index is 0.934. The van der Waals surface area contributed by atoms with Crippen LogP contribution in [0.2, 0.25) is 0 Å². The molecule has 1 aromatic carbocycles. The minimum absolute atomic E-state index is 0.934. The molecule has 0 atom stereocenters. The van der Waals surface area contributed by atoms with Gasteiger partial charge in [0.2, 0.25) is 0 Å². The average Bonchev–Trinajstić information content (AvgIpc) is 2.55. The molecule has 0 spiro atoms. The first-order valence-corrected chi connectivity index (χ1v) is 7.19. The lowest BCUT2D eigenvalue weighted by Crippen LogP contribution is -2.47. The van der Waals surface area contributed by atoms with E-state index in [4.69, 9.17) is 4.74 Å². The summed E-state index contributed by atoms with van der Waals surface area (Å²) in [7, 11) is 1.72. The summed E-state index contributed by atoms with van der Waals surface area (Å²) in [4.78, 5) is 13.2. The van der Waals surface area contributed by atoms with Crippen LogP contribution in [0.1, 0.15) is 5.69 Å². The van der Waals surface area contributed by atoms with Gasteiger partial charge in [0.25, 0.3) is 0 Å². The molecule has 0 N–H and O–H groups in total. The summed E-state index contributed by atoms with van der Waals surface area (Å²) < 4.78 is 5.45. The van der Waals surface area contributed by atoms with E-state index in [1.807, 2.05) is 25.1 Å². The maximum Gasteiger partial charge on any atom is 0.142 e. The van der Waals surface area contributed by atoms with Crippen molar-refractivity contribution in [3.63, 3.8) is 0 Å². The van der Waals surface area contributed by atoms with Crippen molar-refractivity contribution >= 4 is 11.5 Å². The molecule has 0 bridgehead atoms. The van der Waals surface area contributed by atoms with Gasteiger partial charge in [-0.05, 0) is 19.1 Å². The maximum absolute atomic E-state index is 5.45. The van der Waals surface area contributed by atoms with Gasteiger partial charge in [-0.15, -0.1) is 0 Å². The molecule has 1 fully saturated rings. The number of hydrogen-bond acceptors (Lipinski definition) is 5. The van der Waals surface area contributed by atoms with Crippen molar-refractivity contribution in [3.05, 3.63) is 42.4 Å². The molecule has 0 radical (unpaired) electrons. The van der Waals surface area contributed by atoms with Crippen LogP contribution in [0.15, 0.2) is 36.7 Å². The monoisotopic (exact) mass is 284 g/mol. The van der Waals surface area contributed by atoms with Crippen molar-refractivity contribution in [1.29, 1.82) is 0 Å². The predicted molar refractivity (Wildman–Crippen MR) is 84.2 cm³/mol. The summed E-state index contributed by atoms with van der Waals surface area (Å²) in [6, 6.07) is 10.2. The van der Waals surface area contributed by atoms with E-state index in [9.17, 15) is 0 Å². The van der Waals surface area contributed by atoms with Gasteiger partial charge in [0, 0.05) is 37.9 Å². The number of ether oxygens (including phenoxy) is 1. The first-order valence-electron chi connectivity index (χ1n) is 7.19. The van der Waals surface area contributed by atoms with E-state index in [1.54, 1.807) is 13.4 Å². The Hall–Kier alpha value is -2.30. The Morgan fingerprint density at radius 3 is 2.43 bits per heavy atom. The topological polar surface area (TPSA) is 41.5 Å². The molecule has 21 heavy (non-hydrogen) atoms. The largest absolute Gasteiger partial charge is 0.495 e. The van der Waals surface area contributed by atoms with Crippen LogP contribution in [-0.2, 0) is 0 Å². The summed E-state index contributed by atoms with van der Waals surface area (Å²) in [5, 5.41) is 0. The highest BCUT2D eigenvalue weighted by Gasteiger charge is 2.20. The van der Waals surface area contributed by atoms with Crippen molar-refractivity contribution < 1.29 is 4.74 Å². The van der Waals surface area contributed by atoms with E-state index in [2.05, 4.69) is 31.9 Å². The number of aryl methyl sites for hydroxylation is 1. The molecule has 3 rings (SSSR count). The standard InChI is InChI=1S/C16H20N4O/c1-13-11-16(18-12-17-13)20-9-7-19(8-10-20)14-5-3-4-6-15(14)21-2/h3-6,11-12H,7-10H2,1-2H3. The Kier molecular flexibility index (Phi) is 3.90. The van der Waals surface area contributed by atoms with E-state index in [0.717, 1.165) is 43.4 Å². The molecule has 1 aromatic heterocycles. The Morgan fingerprint density at radius 1 is 1.00 bits per heavy atom. The Balaban J connectivity index is 1.70. The van der Waals surface area contributed by atoms with Crippen molar-refractivity contribution in [2.75, 3.05) is 43.1 Å². The zero-order valence-electron chi connectivity index (χ0n) is 12.5. The van der Waals surface area contributed by atoms with Gasteiger partial charge in [-0.3, -0.25) is 0 Å². The van der Waals surface area contributed by atoms with Gasteiger partial charge in [-0.2, -0.15) is 0 Å². The fourth-order valence-corrected chi connectivity index (χ4v) is 2.68. The van der Waals surface area contributed by atoms with Crippen LogP contribution in [-0.4, -0.2) is 43.3 Å². The fourth-order valence-electron chi connectivity index (χ4n) is 2.68. The lowest BCUT2D eigenvalue weighted by Gasteiger charge is -2.37. The van der Waals surface area contributed by atoms with E-state index in [1.165, 1.54) is 5.69 Å². The predicted octanol–water partition coefficient (Wildman–Crippen LogP) is 2.12. The molecule has 2 aromatic rings. The van der Waals surface area contributed by atoms with Crippen molar-refractivity contribution in [1.82, 2.24) is 9.97 Å². The fraction of sp³-hybridized carbons (Fsp3) is 0.375. The number of methoxy groups -OCH3 is 1. The van der Waals surface area contributed by atoms with Gasteiger partial charge in [-0.1, -0.05) is 12.1 Å². The second-order valence-electron chi connectivity index (χ2n) is 5.16. The van der Waals surface area contributed by atoms with Gasteiger partial charge in [0.05, 0.1) is 12.8 Å². The molecule has 0 saturated carbocycles. The smallest absolute Gasteiger partial charge is 0.142 e. The highest BCUT2D eigenvalue weighted by Crippen LogP contribution is 2.28. The van der Waals surface area contributed by atoms with Crippen LogP contribution >= 0.6 is 0 Å². The van der Waals surface area contributed by atoms with E-state index in [0.29, 0.717) is 0 Å². The zero-order chi connectivity index (χ0) is 14.7. The van der Waals surface area contributed by atoms with E-state index in [-0.39, 0.29) is 0 Å². The second-order valence-corrected chi connectivity index (χ2v) is 5.16. The first-order chi connectivity index (χ1) is 10.3. The summed E-state index contributed by atoms with van der Waals surface area (Å²) in [5.74, 6) is 1.95. The van der Waals surface area contributed by atoms with Gasteiger partial charge in [-0.25, -0.2) is 9.97 Å². The van der Waals surface area contributed by atoms with Crippen LogP contribution in [0.3, 0.4) is 0 Å². The molecule has 5 nitrogen and oxygen atoms in total.